The zero-order chi connectivity index (χ0) is 12.6. The fourth-order valence-electron chi connectivity index (χ4n) is 2.50. The second-order valence-corrected chi connectivity index (χ2v) is 5.99. The minimum atomic E-state index is -0.413. The molecular formula is C12H23N3O2. The van der Waals surface area contributed by atoms with Crippen molar-refractivity contribution in [2.75, 3.05) is 33.2 Å². The van der Waals surface area contributed by atoms with Crippen LogP contribution in [0.4, 0.5) is 4.79 Å². The van der Waals surface area contributed by atoms with Gasteiger partial charge in [-0.1, -0.05) is 0 Å². The largest absolute Gasteiger partial charge is 0.444 e. The smallest absolute Gasteiger partial charge is 0.410 e. The molecule has 2 saturated heterocycles. The summed E-state index contributed by atoms with van der Waals surface area (Å²) < 4.78 is 5.40. The summed E-state index contributed by atoms with van der Waals surface area (Å²) >= 11 is 0. The van der Waals surface area contributed by atoms with Gasteiger partial charge in [0.15, 0.2) is 0 Å². The molecule has 2 atom stereocenters. The molecule has 5 nitrogen and oxygen atoms in total. The summed E-state index contributed by atoms with van der Waals surface area (Å²) in [5.41, 5.74) is -0.413. The quantitative estimate of drug-likeness (QED) is 0.671. The number of fused-ring (bicyclic) bond motifs is 1. The van der Waals surface area contributed by atoms with Crippen LogP contribution in [0, 0.1) is 0 Å². The van der Waals surface area contributed by atoms with Crippen LogP contribution in [0.25, 0.3) is 0 Å². The highest BCUT2D eigenvalue weighted by Crippen LogP contribution is 2.20. The molecule has 1 N–H and O–H groups in total. The second kappa shape index (κ2) is 4.46. The van der Waals surface area contributed by atoms with Gasteiger partial charge < -0.3 is 15.0 Å². The van der Waals surface area contributed by atoms with Gasteiger partial charge in [0.2, 0.25) is 0 Å². The molecule has 98 valence electrons. The molecule has 1 amide bonds. The lowest BCUT2D eigenvalue weighted by molar-refractivity contribution is 0.0283. The summed E-state index contributed by atoms with van der Waals surface area (Å²) in [6.07, 6.45) is -0.192. The van der Waals surface area contributed by atoms with Crippen molar-refractivity contribution in [2.24, 2.45) is 0 Å². The van der Waals surface area contributed by atoms with Gasteiger partial charge in [-0.05, 0) is 27.8 Å². The van der Waals surface area contributed by atoms with E-state index in [0.29, 0.717) is 12.1 Å². The third kappa shape index (κ3) is 2.90. The van der Waals surface area contributed by atoms with Crippen LogP contribution in [0.3, 0.4) is 0 Å². The van der Waals surface area contributed by atoms with E-state index in [1.54, 1.807) is 0 Å². The van der Waals surface area contributed by atoms with Crippen molar-refractivity contribution >= 4 is 6.09 Å². The molecule has 5 heteroatoms. The van der Waals surface area contributed by atoms with Crippen LogP contribution in [0.2, 0.25) is 0 Å². The van der Waals surface area contributed by atoms with Crippen LogP contribution in [-0.2, 0) is 4.74 Å². The van der Waals surface area contributed by atoms with Crippen LogP contribution in [0.1, 0.15) is 20.8 Å². The van der Waals surface area contributed by atoms with Gasteiger partial charge in [0, 0.05) is 38.3 Å². The standard InChI is InChI=1S/C12H23N3O2/c1-12(2,3)17-11(16)15-7-9-10(8-15)14(4)6-5-13-9/h9-10,13H,5-8H2,1-4H3. The van der Waals surface area contributed by atoms with Crippen LogP contribution in [0.5, 0.6) is 0 Å². The number of likely N-dealkylation sites (tertiary alicyclic amines) is 1. The molecule has 0 aliphatic carbocycles. The maximum Gasteiger partial charge on any atom is 0.410 e. The van der Waals surface area contributed by atoms with Crippen LogP contribution in [0.15, 0.2) is 0 Å². The highest BCUT2D eigenvalue weighted by molar-refractivity contribution is 5.68. The summed E-state index contributed by atoms with van der Waals surface area (Å²) in [7, 11) is 2.12. The van der Waals surface area contributed by atoms with E-state index in [9.17, 15) is 4.79 Å². The van der Waals surface area contributed by atoms with Gasteiger partial charge in [-0.15, -0.1) is 0 Å². The Kier molecular flexibility index (Phi) is 3.32. The molecule has 0 bridgehead atoms. The van der Waals surface area contributed by atoms with Crippen molar-refractivity contribution in [3.05, 3.63) is 0 Å². The summed E-state index contributed by atoms with van der Waals surface area (Å²) in [4.78, 5) is 16.1. The first-order valence-corrected chi connectivity index (χ1v) is 6.28. The Morgan fingerprint density at radius 1 is 1.35 bits per heavy atom. The molecule has 0 spiro atoms. The van der Waals surface area contributed by atoms with E-state index in [1.807, 2.05) is 25.7 Å². The van der Waals surface area contributed by atoms with Gasteiger partial charge in [-0.25, -0.2) is 4.79 Å². The first-order valence-electron chi connectivity index (χ1n) is 6.28. The first kappa shape index (κ1) is 12.6. The highest BCUT2D eigenvalue weighted by Gasteiger charge is 2.40. The molecule has 17 heavy (non-hydrogen) atoms. The number of carbonyl (C=O) groups is 1. The van der Waals surface area contributed by atoms with Gasteiger partial charge in [0.1, 0.15) is 5.60 Å². The van der Waals surface area contributed by atoms with Crippen molar-refractivity contribution in [3.8, 4) is 0 Å². The monoisotopic (exact) mass is 241 g/mol. The third-order valence-corrected chi connectivity index (χ3v) is 3.38. The molecule has 0 aromatic rings. The molecule has 2 fully saturated rings. The van der Waals surface area contributed by atoms with Gasteiger partial charge in [-0.3, -0.25) is 4.90 Å². The van der Waals surface area contributed by atoms with Gasteiger partial charge in [0.25, 0.3) is 0 Å². The fourth-order valence-corrected chi connectivity index (χ4v) is 2.50. The Morgan fingerprint density at radius 3 is 2.65 bits per heavy atom. The summed E-state index contributed by atoms with van der Waals surface area (Å²) in [5.74, 6) is 0. The van der Waals surface area contributed by atoms with E-state index in [0.717, 1.165) is 26.2 Å². The van der Waals surface area contributed by atoms with E-state index in [1.165, 1.54) is 0 Å². The number of hydrogen-bond donors (Lipinski definition) is 1. The molecule has 0 radical (unpaired) electrons. The lowest BCUT2D eigenvalue weighted by Gasteiger charge is -2.34. The predicted molar refractivity (Wildman–Crippen MR) is 66.0 cm³/mol. The first-order chi connectivity index (χ1) is 7.87. The lowest BCUT2D eigenvalue weighted by Crippen LogP contribution is -2.55. The van der Waals surface area contributed by atoms with E-state index >= 15 is 0 Å². The van der Waals surface area contributed by atoms with E-state index < -0.39 is 5.60 Å². The van der Waals surface area contributed by atoms with Crippen molar-refractivity contribution < 1.29 is 9.53 Å². The fraction of sp³-hybridized carbons (Fsp3) is 0.917. The van der Waals surface area contributed by atoms with Gasteiger partial charge in [0.05, 0.1) is 0 Å². The van der Waals surface area contributed by atoms with Crippen LogP contribution < -0.4 is 5.32 Å². The number of piperazine rings is 1. The van der Waals surface area contributed by atoms with E-state index in [2.05, 4.69) is 17.3 Å². The van der Waals surface area contributed by atoms with Crippen LogP contribution >= 0.6 is 0 Å². The molecule has 2 aliphatic rings. The molecule has 2 aliphatic heterocycles. The topological polar surface area (TPSA) is 44.8 Å². The highest BCUT2D eigenvalue weighted by atomic mass is 16.6. The number of rotatable bonds is 0. The number of nitrogens with zero attached hydrogens (tertiary/aromatic N) is 2. The molecule has 0 aromatic carbocycles. The lowest BCUT2D eigenvalue weighted by atomic mass is 10.1. The van der Waals surface area contributed by atoms with Crippen molar-refractivity contribution in [1.82, 2.24) is 15.1 Å². The molecule has 2 rings (SSSR count). The van der Waals surface area contributed by atoms with Crippen molar-refractivity contribution in [1.29, 1.82) is 0 Å². The second-order valence-electron chi connectivity index (χ2n) is 5.99. The Morgan fingerprint density at radius 2 is 2.06 bits per heavy atom. The number of nitrogens with one attached hydrogen (secondary N) is 1. The number of amides is 1. The molecular weight excluding hydrogens is 218 g/mol. The molecule has 2 unspecified atom stereocenters. The van der Waals surface area contributed by atoms with Crippen molar-refractivity contribution in [2.45, 2.75) is 38.5 Å². The Labute approximate surface area is 103 Å². The minimum Gasteiger partial charge on any atom is -0.444 e. The SMILES string of the molecule is CN1CCNC2CN(C(=O)OC(C)(C)C)CC21. The zero-order valence-corrected chi connectivity index (χ0v) is 11.2. The van der Waals surface area contributed by atoms with Gasteiger partial charge >= 0.3 is 6.09 Å². The number of carbonyl (C=O) groups excluding carboxylic acids is 1. The third-order valence-electron chi connectivity index (χ3n) is 3.38. The average Bonchev–Trinajstić information content (AvgIpc) is 2.60. The zero-order valence-electron chi connectivity index (χ0n) is 11.2. The predicted octanol–water partition coefficient (Wildman–Crippen LogP) is 0.509. The maximum absolute atomic E-state index is 12.0. The number of likely N-dealkylation sites (N-methyl/N-ethyl adjacent to an activating group) is 1. The number of hydrogen-bond acceptors (Lipinski definition) is 4. The molecule has 2 heterocycles. The summed E-state index contributed by atoms with van der Waals surface area (Å²) in [6, 6.07) is 0.817. The normalized spacial score (nSPS) is 30.2. The van der Waals surface area contributed by atoms with E-state index in [4.69, 9.17) is 4.74 Å². The Balaban J connectivity index is 1.95. The minimum absolute atomic E-state index is 0.192. The van der Waals surface area contributed by atoms with E-state index in [-0.39, 0.29) is 6.09 Å². The molecule has 0 aromatic heterocycles. The maximum atomic E-state index is 12.0. The Bertz CT molecular complexity index is 301. The number of ether oxygens (including phenoxy) is 1. The summed E-state index contributed by atoms with van der Waals surface area (Å²) in [6.45, 7) is 9.27. The van der Waals surface area contributed by atoms with Crippen LogP contribution in [-0.4, -0.2) is 66.8 Å². The average molecular weight is 241 g/mol. The summed E-state index contributed by atoms with van der Waals surface area (Å²) in [5, 5.41) is 3.47. The Hall–Kier alpha value is -0.810. The van der Waals surface area contributed by atoms with Gasteiger partial charge in [-0.2, -0.15) is 0 Å². The molecule has 0 saturated carbocycles. The van der Waals surface area contributed by atoms with Crippen molar-refractivity contribution in [3.63, 3.8) is 0 Å².